The monoisotopic (exact) mass is 732 g/mol. The molecule has 0 aliphatic heterocycles. The molecule has 1 aliphatic carbocycles. The van der Waals surface area contributed by atoms with Gasteiger partial charge in [-0.25, -0.2) is 9.59 Å². The van der Waals surface area contributed by atoms with Crippen LogP contribution in [0.15, 0.2) is 84.1 Å². The summed E-state index contributed by atoms with van der Waals surface area (Å²) in [5, 5.41) is 9.30. The number of nitrogens with one attached hydrogen (secondary N) is 3. The van der Waals surface area contributed by atoms with Crippen LogP contribution < -0.4 is 16.0 Å². The molecule has 1 saturated carbocycles. The van der Waals surface area contributed by atoms with Gasteiger partial charge in [0.05, 0.1) is 34.7 Å². The second-order valence-corrected chi connectivity index (χ2v) is 15.7. The average molecular weight is 733 g/mol. The number of carbonyl (C=O) groups excluding carboxylic acids is 3. The number of aromatic nitrogens is 2. The molecule has 2 aromatic heterocycles. The van der Waals surface area contributed by atoms with E-state index in [1.54, 1.807) is 28.3 Å². The molecule has 0 bridgehead atoms. The number of amides is 4. The maximum atomic E-state index is 14.1. The normalized spacial score (nSPS) is 14.6. The van der Waals surface area contributed by atoms with Crippen molar-refractivity contribution in [3.05, 3.63) is 105 Å². The number of thiazole rings is 2. The summed E-state index contributed by atoms with van der Waals surface area (Å²) in [5.74, 6) is -0.321. The van der Waals surface area contributed by atoms with Crippen molar-refractivity contribution in [3.8, 4) is 0 Å². The summed E-state index contributed by atoms with van der Waals surface area (Å²) >= 11 is 2.93. The minimum Gasteiger partial charge on any atom is -0.444 e. The second-order valence-electron chi connectivity index (χ2n) is 13.8. The van der Waals surface area contributed by atoms with Crippen LogP contribution in [0.1, 0.15) is 67.3 Å². The van der Waals surface area contributed by atoms with Crippen molar-refractivity contribution in [3.63, 3.8) is 0 Å². The minimum absolute atomic E-state index is 0.0159. The van der Waals surface area contributed by atoms with E-state index in [2.05, 4.69) is 25.9 Å². The second kappa shape index (κ2) is 18.8. The first-order valence-electron chi connectivity index (χ1n) is 17.4. The molecule has 3 atom stereocenters. The smallest absolute Gasteiger partial charge is 0.407 e. The number of rotatable bonds is 18. The van der Waals surface area contributed by atoms with Crippen LogP contribution in [0.4, 0.5) is 9.59 Å². The fourth-order valence-electron chi connectivity index (χ4n) is 5.60. The molecule has 4 amide bonds. The zero-order valence-corrected chi connectivity index (χ0v) is 31.1. The topological polar surface area (TPSA) is 135 Å². The number of hydrogen-bond donors (Lipinski definition) is 3. The van der Waals surface area contributed by atoms with Gasteiger partial charge in [-0.3, -0.25) is 14.8 Å². The van der Waals surface area contributed by atoms with Crippen molar-refractivity contribution in [2.45, 2.75) is 102 Å². The highest BCUT2D eigenvalue weighted by atomic mass is 32.1. The van der Waals surface area contributed by atoms with E-state index in [-0.39, 0.29) is 43.3 Å². The Balaban J connectivity index is 1.29. The van der Waals surface area contributed by atoms with Crippen LogP contribution >= 0.6 is 22.7 Å². The Morgan fingerprint density at radius 2 is 1.39 bits per heavy atom. The van der Waals surface area contributed by atoms with Gasteiger partial charge in [-0.1, -0.05) is 60.7 Å². The molecule has 5 rings (SSSR count). The lowest BCUT2D eigenvalue weighted by Crippen LogP contribution is -2.56. The van der Waals surface area contributed by atoms with Gasteiger partial charge in [0, 0.05) is 35.4 Å². The van der Waals surface area contributed by atoms with Gasteiger partial charge in [0.25, 0.3) is 0 Å². The zero-order valence-electron chi connectivity index (χ0n) is 29.5. The molecular formula is C38H48N6O5S2. The molecule has 1 fully saturated rings. The third kappa shape index (κ3) is 13.4. The zero-order chi connectivity index (χ0) is 36.1. The quantitative estimate of drug-likeness (QED) is 0.106. The van der Waals surface area contributed by atoms with E-state index in [0.29, 0.717) is 32.2 Å². The number of carbonyl (C=O) groups is 3. The van der Waals surface area contributed by atoms with Gasteiger partial charge >= 0.3 is 12.1 Å². The van der Waals surface area contributed by atoms with Gasteiger partial charge in [0.15, 0.2) is 0 Å². The minimum atomic E-state index is -0.919. The van der Waals surface area contributed by atoms with Crippen molar-refractivity contribution in [2.75, 3.05) is 6.61 Å². The molecule has 4 aromatic rings. The molecular weight excluding hydrogens is 685 g/mol. The molecule has 11 nitrogen and oxygen atoms in total. The number of urea groups is 1. The van der Waals surface area contributed by atoms with Crippen molar-refractivity contribution in [2.24, 2.45) is 0 Å². The maximum Gasteiger partial charge on any atom is 0.407 e. The fraction of sp³-hybridized carbons (Fsp3) is 0.447. The highest BCUT2D eigenvalue weighted by Gasteiger charge is 2.35. The SMILES string of the molecule is CC(C)(C)OC[C@H](NC(=O)N(Cc1cncs1)C1CC1)C(=O)N[C@@H](CC[C@@H](Cc1ccccc1)NC(=O)OCc1cncs1)Cc1ccccc1. The molecule has 0 saturated heterocycles. The molecule has 0 unspecified atom stereocenters. The van der Waals surface area contributed by atoms with E-state index >= 15 is 0 Å². The lowest BCUT2D eigenvalue weighted by Gasteiger charge is -2.30. The first-order valence-corrected chi connectivity index (χ1v) is 19.1. The number of alkyl carbamates (subject to hydrolysis) is 1. The summed E-state index contributed by atoms with van der Waals surface area (Å²) in [6, 6.07) is 18.3. The Morgan fingerprint density at radius 1 is 0.824 bits per heavy atom. The molecule has 3 N–H and O–H groups in total. The van der Waals surface area contributed by atoms with Crippen LogP contribution in [-0.2, 0) is 40.3 Å². The van der Waals surface area contributed by atoms with Gasteiger partial charge < -0.3 is 30.3 Å². The summed E-state index contributed by atoms with van der Waals surface area (Å²) < 4.78 is 11.6. The van der Waals surface area contributed by atoms with Gasteiger partial charge in [0.1, 0.15) is 12.6 Å². The molecule has 0 spiro atoms. The molecule has 2 heterocycles. The predicted molar refractivity (Wildman–Crippen MR) is 199 cm³/mol. The van der Waals surface area contributed by atoms with E-state index in [4.69, 9.17) is 9.47 Å². The van der Waals surface area contributed by atoms with E-state index < -0.39 is 17.7 Å². The lowest BCUT2D eigenvalue weighted by atomic mass is 9.96. The van der Waals surface area contributed by atoms with Crippen LogP contribution in [0, 0.1) is 0 Å². The Kier molecular flexibility index (Phi) is 14.0. The standard InChI is InChI=1S/C38H48N6O5S2/c1-38(2,3)49-24-34(43-36(46)44(31-16-17-31)22-32-20-39-25-50-32)35(45)41-29(18-27-10-6-4-7-11-27)14-15-30(19-28-12-8-5-9-13-28)42-37(47)48-23-33-21-40-26-51-33/h4-13,20-21,25-26,29-31,34H,14-19,22-24H2,1-3H3,(H,41,45)(H,42,47)(H,43,46)/t29-,30-,34-/m0/s1. The maximum absolute atomic E-state index is 14.1. The first kappa shape index (κ1) is 37.9. The molecule has 2 aromatic carbocycles. The third-order valence-electron chi connectivity index (χ3n) is 8.37. The largest absolute Gasteiger partial charge is 0.444 e. The highest BCUT2D eigenvalue weighted by Crippen LogP contribution is 2.29. The highest BCUT2D eigenvalue weighted by molar-refractivity contribution is 7.09. The van der Waals surface area contributed by atoms with Gasteiger partial charge in [-0.05, 0) is 70.4 Å². The van der Waals surface area contributed by atoms with Crippen molar-refractivity contribution < 1.29 is 23.9 Å². The van der Waals surface area contributed by atoms with E-state index in [0.717, 1.165) is 33.7 Å². The summed E-state index contributed by atoms with van der Waals surface area (Å²) in [6.45, 7) is 6.36. The number of benzene rings is 2. The number of nitrogens with zero attached hydrogens (tertiary/aromatic N) is 3. The first-order chi connectivity index (χ1) is 24.6. The van der Waals surface area contributed by atoms with E-state index in [1.807, 2.05) is 81.4 Å². The summed E-state index contributed by atoms with van der Waals surface area (Å²) in [4.78, 5) is 52.6. The van der Waals surface area contributed by atoms with Gasteiger partial charge in [-0.2, -0.15) is 0 Å². The van der Waals surface area contributed by atoms with Crippen LogP contribution in [0.25, 0.3) is 0 Å². The third-order valence-corrected chi connectivity index (χ3v) is 9.88. The van der Waals surface area contributed by atoms with E-state index in [9.17, 15) is 14.4 Å². The van der Waals surface area contributed by atoms with Gasteiger partial charge in [-0.15, -0.1) is 22.7 Å². The predicted octanol–water partition coefficient (Wildman–Crippen LogP) is 6.50. The van der Waals surface area contributed by atoms with Crippen LogP contribution in [0.2, 0.25) is 0 Å². The van der Waals surface area contributed by atoms with E-state index in [1.165, 1.54) is 22.7 Å². The molecule has 1 aliphatic rings. The van der Waals surface area contributed by atoms with Crippen molar-refractivity contribution in [1.82, 2.24) is 30.8 Å². The van der Waals surface area contributed by atoms with Crippen molar-refractivity contribution >= 4 is 40.7 Å². The average Bonchev–Trinajstić information content (AvgIpc) is 3.55. The van der Waals surface area contributed by atoms with Crippen LogP contribution in [0.3, 0.4) is 0 Å². The fourth-order valence-corrected chi connectivity index (χ4v) is 6.70. The molecule has 51 heavy (non-hydrogen) atoms. The Bertz CT molecular complexity index is 1630. The summed E-state index contributed by atoms with van der Waals surface area (Å²) in [6.07, 6.45) is 7.11. The molecule has 272 valence electrons. The lowest BCUT2D eigenvalue weighted by molar-refractivity contribution is -0.126. The van der Waals surface area contributed by atoms with Gasteiger partial charge in [0.2, 0.25) is 5.91 Å². The number of ether oxygens (including phenoxy) is 2. The number of hydrogen-bond acceptors (Lipinski definition) is 9. The van der Waals surface area contributed by atoms with Crippen LogP contribution in [-0.4, -0.2) is 69.3 Å². The Hall–Kier alpha value is -4.33. The summed E-state index contributed by atoms with van der Waals surface area (Å²) in [5.41, 5.74) is 5.08. The van der Waals surface area contributed by atoms with Crippen molar-refractivity contribution in [1.29, 1.82) is 0 Å². The molecule has 0 radical (unpaired) electrons. The Labute approximate surface area is 308 Å². The van der Waals surface area contributed by atoms with Crippen LogP contribution in [0.5, 0.6) is 0 Å². The Morgan fingerprint density at radius 3 is 1.92 bits per heavy atom. The molecule has 13 heteroatoms. The summed E-state index contributed by atoms with van der Waals surface area (Å²) in [7, 11) is 0.